The van der Waals surface area contributed by atoms with Gasteiger partial charge in [-0.25, -0.2) is 8.42 Å². The Morgan fingerprint density at radius 1 is 1.03 bits per heavy atom. The van der Waals surface area contributed by atoms with Crippen LogP contribution in [0.2, 0.25) is 0 Å². The molecule has 2 aromatic carbocycles. The molecule has 0 aliphatic rings. The molecule has 0 saturated heterocycles. The molecule has 0 bridgehead atoms. The van der Waals surface area contributed by atoms with Gasteiger partial charge in [0.15, 0.2) is 0 Å². The number of hydrogen-bond donors (Lipinski definition) is 1. The minimum atomic E-state index is -3.77. The molecular weight excluding hydrogens is 478 g/mol. The van der Waals surface area contributed by atoms with Crippen LogP contribution in [-0.4, -0.2) is 57.6 Å². The second-order valence-corrected chi connectivity index (χ2v) is 10.9. The van der Waals surface area contributed by atoms with Gasteiger partial charge < -0.3 is 15.0 Å². The second kappa shape index (κ2) is 13.3. The highest BCUT2D eigenvalue weighted by Gasteiger charge is 2.32. The molecule has 0 saturated carbocycles. The zero-order valence-corrected chi connectivity index (χ0v) is 23.0. The second-order valence-electron chi connectivity index (χ2n) is 8.95. The number of methoxy groups -OCH3 is 1. The van der Waals surface area contributed by atoms with Crippen LogP contribution in [0.4, 0.5) is 5.69 Å². The van der Waals surface area contributed by atoms with E-state index in [1.807, 2.05) is 58.0 Å². The number of sulfonamides is 1. The summed E-state index contributed by atoms with van der Waals surface area (Å²) in [5.74, 6) is -0.0126. The minimum Gasteiger partial charge on any atom is -0.497 e. The number of nitrogens with one attached hydrogen (secondary N) is 1. The van der Waals surface area contributed by atoms with Crippen molar-refractivity contribution in [3.63, 3.8) is 0 Å². The summed E-state index contributed by atoms with van der Waals surface area (Å²) in [7, 11) is -2.20. The number of aryl methyl sites for hydroxylation is 2. The van der Waals surface area contributed by atoms with Crippen LogP contribution < -0.4 is 14.4 Å². The van der Waals surface area contributed by atoms with Gasteiger partial charge in [0, 0.05) is 13.1 Å². The van der Waals surface area contributed by atoms with Gasteiger partial charge in [0.05, 0.1) is 19.1 Å². The molecule has 1 atom stereocenters. The quantitative estimate of drug-likeness (QED) is 0.408. The van der Waals surface area contributed by atoms with Crippen molar-refractivity contribution < 1.29 is 22.7 Å². The lowest BCUT2D eigenvalue weighted by atomic mass is 10.1. The van der Waals surface area contributed by atoms with Crippen molar-refractivity contribution >= 4 is 27.5 Å². The maximum Gasteiger partial charge on any atom is 0.244 e. The molecule has 0 radical (unpaired) electrons. The van der Waals surface area contributed by atoms with Gasteiger partial charge in [-0.15, -0.1) is 0 Å². The van der Waals surface area contributed by atoms with Crippen molar-refractivity contribution in [2.24, 2.45) is 0 Å². The molecule has 2 amide bonds. The zero-order valence-electron chi connectivity index (χ0n) is 22.2. The van der Waals surface area contributed by atoms with Crippen molar-refractivity contribution in [1.82, 2.24) is 10.2 Å². The molecule has 0 aliphatic carbocycles. The summed E-state index contributed by atoms with van der Waals surface area (Å²) in [5, 5.41) is 2.92. The van der Waals surface area contributed by atoms with E-state index >= 15 is 0 Å². The van der Waals surface area contributed by atoms with E-state index in [1.54, 1.807) is 19.2 Å². The summed E-state index contributed by atoms with van der Waals surface area (Å²) in [4.78, 5) is 28.3. The monoisotopic (exact) mass is 517 g/mol. The van der Waals surface area contributed by atoms with Gasteiger partial charge in [-0.05, 0) is 55.5 Å². The van der Waals surface area contributed by atoms with E-state index in [-0.39, 0.29) is 12.5 Å². The third-order valence-corrected chi connectivity index (χ3v) is 7.21. The summed E-state index contributed by atoms with van der Waals surface area (Å²) in [6.07, 6.45) is 3.25. The Morgan fingerprint density at radius 3 is 2.14 bits per heavy atom. The van der Waals surface area contributed by atoms with E-state index in [1.165, 1.54) is 4.90 Å². The number of nitrogens with zero attached hydrogens (tertiary/aromatic N) is 2. The molecule has 1 N–H and O–H groups in total. The number of ether oxygens (including phenoxy) is 1. The first-order chi connectivity index (χ1) is 17.0. The van der Waals surface area contributed by atoms with Crippen LogP contribution in [-0.2, 0) is 26.2 Å². The smallest absolute Gasteiger partial charge is 0.244 e. The molecule has 2 aromatic rings. The highest BCUT2D eigenvalue weighted by Crippen LogP contribution is 2.27. The first-order valence-corrected chi connectivity index (χ1v) is 14.1. The largest absolute Gasteiger partial charge is 0.497 e. The fourth-order valence-electron chi connectivity index (χ4n) is 4.13. The number of anilines is 1. The van der Waals surface area contributed by atoms with E-state index in [4.69, 9.17) is 4.74 Å². The molecule has 0 fully saturated rings. The molecule has 9 heteroatoms. The number of carbonyl (C=O) groups excluding carboxylic acids is 2. The maximum absolute atomic E-state index is 13.8. The molecular formula is C27H39N3O5S. The molecule has 0 unspecified atom stereocenters. The molecule has 0 aromatic heterocycles. The molecule has 198 valence electrons. The lowest BCUT2D eigenvalue weighted by Gasteiger charge is -2.33. The molecule has 0 aliphatic heterocycles. The Hall–Kier alpha value is -3.07. The average molecular weight is 518 g/mol. The van der Waals surface area contributed by atoms with Crippen molar-refractivity contribution in [2.75, 3.05) is 30.8 Å². The van der Waals surface area contributed by atoms with E-state index < -0.39 is 28.5 Å². The Balaban J connectivity index is 2.45. The predicted octanol–water partition coefficient (Wildman–Crippen LogP) is 3.80. The highest BCUT2D eigenvalue weighted by molar-refractivity contribution is 7.92. The fraction of sp³-hybridized carbons (Fsp3) is 0.481. The van der Waals surface area contributed by atoms with Gasteiger partial charge in [0.1, 0.15) is 18.3 Å². The summed E-state index contributed by atoms with van der Waals surface area (Å²) in [6.45, 7) is 7.79. The Morgan fingerprint density at radius 2 is 1.64 bits per heavy atom. The van der Waals surface area contributed by atoms with Gasteiger partial charge >= 0.3 is 0 Å². The average Bonchev–Trinajstić information content (AvgIpc) is 2.83. The van der Waals surface area contributed by atoms with E-state index in [0.29, 0.717) is 24.4 Å². The third kappa shape index (κ3) is 7.71. The lowest BCUT2D eigenvalue weighted by molar-refractivity contribution is -0.140. The van der Waals surface area contributed by atoms with Crippen LogP contribution in [0, 0.1) is 13.8 Å². The van der Waals surface area contributed by atoms with Crippen LogP contribution in [0.5, 0.6) is 5.75 Å². The molecule has 2 rings (SSSR count). The Bertz CT molecular complexity index is 1110. The highest BCUT2D eigenvalue weighted by atomic mass is 32.2. The maximum atomic E-state index is 13.8. The standard InChI is InChI=1S/C27H39N3O5S/c1-7-9-17-28-27(32)24(8-2)29(18-22-13-15-23(35-5)16-14-22)25(31)19-30(36(6,33)34)26-20(3)11-10-12-21(26)4/h10-16,24H,7-9,17-19H2,1-6H3,(H,28,32)/t24-/m1/s1. The predicted molar refractivity (Wildman–Crippen MR) is 144 cm³/mol. The van der Waals surface area contributed by atoms with Gasteiger partial charge in [-0.1, -0.05) is 50.6 Å². The van der Waals surface area contributed by atoms with Crippen molar-refractivity contribution in [3.8, 4) is 5.75 Å². The molecule has 0 heterocycles. The summed E-state index contributed by atoms with van der Waals surface area (Å²) >= 11 is 0. The number of hydrogen-bond acceptors (Lipinski definition) is 5. The normalized spacial score (nSPS) is 12.1. The third-order valence-electron chi connectivity index (χ3n) is 6.10. The van der Waals surface area contributed by atoms with Crippen molar-refractivity contribution in [2.45, 2.75) is 59.5 Å². The molecule has 8 nitrogen and oxygen atoms in total. The van der Waals surface area contributed by atoms with Crippen molar-refractivity contribution in [1.29, 1.82) is 0 Å². The van der Waals surface area contributed by atoms with E-state index in [9.17, 15) is 18.0 Å². The number of amides is 2. The number of unbranched alkanes of at least 4 members (excludes halogenated alkanes) is 1. The van der Waals surface area contributed by atoms with Crippen LogP contribution in [0.15, 0.2) is 42.5 Å². The first kappa shape index (κ1) is 29.2. The Labute approximate surface area is 215 Å². The minimum absolute atomic E-state index is 0.160. The summed E-state index contributed by atoms with van der Waals surface area (Å²) < 4.78 is 32.0. The zero-order chi connectivity index (χ0) is 26.9. The van der Waals surface area contributed by atoms with Gasteiger partial charge in [-0.3, -0.25) is 13.9 Å². The molecule has 36 heavy (non-hydrogen) atoms. The van der Waals surface area contributed by atoms with Crippen LogP contribution in [0.3, 0.4) is 0 Å². The lowest BCUT2D eigenvalue weighted by Crippen LogP contribution is -2.52. The fourth-order valence-corrected chi connectivity index (χ4v) is 5.09. The Kier molecular flexibility index (Phi) is 10.8. The number of para-hydroxylation sites is 1. The van der Waals surface area contributed by atoms with Gasteiger partial charge in [0.25, 0.3) is 0 Å². The summed E-state index contributed by atoms with van der Waals surface area (Å²) in [5.41, 5.74) is 2.79. The molecule has 0 spiro atoms. The SMILES string of the molecule is CCCCNC(=O)[C@@H](CC)N(Cc1ccc(OC)cc1)C(=O)CN(c1c(C)cccc1C)S(C)(=O)=O. The van der Waals surface area contributed by atoms with E-state index in [0.717, 1.165) is 40.1 Å². The number of rotatable bonds is 13. The topological polar surface area (TPSA) is 96.0 Å². The van der Waals surface area contributed by atoms with Crippen LogP contribution >= 0.6 is 0 Å². The van der Waals surface area contributed by atoms with Crippen LogP contribution in [0.25, 0.3) is 0 Å². The van der Waals surface area contributed by atoms with Gasteiger partial charge in [-0.2, -0.15) is 0 Å². The van der Waals surface area contributed by atoms with Gasteiger partial charge in [0.2, 0.25) is 21.8 Å². The summed E-state index contributed by atoms with van der Waals surface area (Å²) in [6, 6.07) is 12.0. The number of carbonyl (C=O) groups is 2. The van der Waals surface area contributed by atoms with Crippen LogP contribution in [0.1, 0.15) is 49.8 Å². The van der Waals surface area contributed by atoms with Crippen molar-refractivity contribution in [3.05, 3.63) is 59.2 Å². The first-order valence-electron chi connectivity index (χ1n) is 12.3. The van der Waals surface area contributed by atoms with E-state index in [2.05, 4.69) is 5.32 Å². The number of benzene rings is 2.